The molecule has 0 atom stereocenters. The van der Waals surface area contributed by atoms with Crippen LogP contribution in [0.5, 0.6) is 5.88 Å². The summed E-state index contributed by atoms with van der Waals surface area (Å²) in [6.07, 6.45) is 1.27. The van der Waals surface area contributed by atoms with Gasteiger partial charge in [-0.2, -0.15) is 9.78 Å². The molecule has 0 N–H and O–H groups in total. The Balaban J connectivity index is 1.88. The molecule has 0 unspecified atom stereocenters. The van der Waals surface area contributed by atoms with Gasteiger partial charge in [0.2, 0.25) is 5.88 Å². The zero-order chi connectivity index (χ0) is 19.7. The SMILES string of the molecule is CCN(CC)C(=O)Oc1c2c(nn1-c1ccccc1)CCc1cc(Cl)ccc1-2. The highest BCUT2D eigenvalue weighted by Gasteiger charge is 2.29. The van der Waals surface area contributed by atoms with E-state index in [9.17, 15) is 4.79 Å². The van der Waals surface area contributed by atoms with Crippen LogP contribution in [0.1, 0.15) is 25.1 Å². The topological polar surface area (TPSA) is 47.4 Å². The first-order valence-electron chi connectivity index (χ1n) is 9.55. The van der Waals surface area contributed by atoms with Crippen molar-refractivity contribution < 1.29 is 9.53 Å². The lowest BCUT2D eigenvalue weighted by molar-refractivity contribution is 0.154. The molecule has 0 spiro atoms. The molecule has 1 heterocycles. The molecule has 1 aliphatic carbocycles. The smallest absolute Gasteiger partial charge is 0.390 e. The number of benzene rings is 2. The van der Waals surface area contributed by atoms with Gasteiger partial charge in [-0.15, -0.1) is 0 Å². The van der Waals surface area contributed by atoms with Crippen molar-refractivity contribution in [2.75, 3.05) is 13.1 Å². The number of carbonyl (C=O) groups excluding carboxylic acids is 1. The first-order chi connectivity index (χ1) is 13.6. The Bertz CT molecular complexity index is 1010. The van der Waals surface area contributed by atoms with Crippen molar-refractivity contribution >= 4 is 17.7 Å². The minimum atomic E-state index is -0.369. The molecule has 4 rings (SSSR count). The lowest BCUT2D eigenvalue weighted by Crippen LogP contribution is -2.33. The van der Waals surface area contributed by atoms with Crippen molar-refractivity contribution in [1.82, 2.24) is 14.7 Å². The maximum Gasteiger partial charge on any atom is 0.416 e. The first-order valence-corrected chi connectivity index (χ1v) is 9.93. The van der Waals surface area contributed by atoms with Crippen molar-refractivity contribution in [2.45, 2.75) is 26.7 Å². The van der Waals surface area contributed by atoms with Crippen LogP contribution in [0.2, 0.25) is 5.02 Å². The Hall–Kier alpha value is -2.79. The first kappa shape index (κ1) is 18.6. The molecule has 1 aromatic heterocycles. The molecule has 3 aromatic rings. The highest BCUT2D eigenvalue weighted by atomic mass is 35.5. The Labute approximate surface area is 169 Å². The van der Waals surface area contributed by atoms with Gasteiger partial charge in [-0.1, -0.05) is 35.9 Å². The molecule has 144 valence electrons. The third-order valence-electron chi connectivity index (χ3n) is 5.09. The fourth-order valence-corrected chi connectivity index (χ4v) is 3.82. The molecule has 1 aliphatic rings. The van der Waals surface area contributed by atoms with Gasteiger partial charge in [-0.3, -0.25) is 0 Å². The molecule has 0 aliphatic heterocycles. The Morgan fingerprint density at radius 1 is 1.14 bits per heavy atom. The fourth-order valence-electron chi connectivity index (χ4n) is 3.62. The second-order valence-electron chi connectivity index (χ2n) is 6.72. The van der Waals surface area contributed by atoms with Crippen molar-refractivity contribution in [3.63, 3.8) is 0 Å². The molecular formula is C22H22ClN3O2. The standard InChI is InChI=1S/C22H22ClN3O2/c1-3-25(4-2)22(27)28-21-20-18-12-11-16(23)14-15(18)10-13-19(20)24-26(21)17-8-6-5-7-9-17/h5-9,11-12,14H,3-4,10,13H2,1-2H3. The van der Waals surface area contributed by atoms with Crippen LogP contribution in [-0.2, 0) is 12.8 Å². The highest BCUT2D eigenvalue weighted by molar-refractivity contribution is 6.30. The number of nitrogens with zero attached hydrogens (tertiary/aromatic N) is 3. The molecule has 0 bridgehead atoms. The number of halogens is 1. The van der Waals surface area contributed by atoms with Crippen molar-refractivity contribution in [2.24, 2.45) is 0 Å². The summed E-state index contributed by atoms with van der Waals surface area (Å²) in [4.78, 5) is 14.4. The molecular weight excluding hydrogens is 374 g/mol. The number of amides is 1. The van der Waals surface area contributed by atoms with Gasteiger partial charge in [0, 0.05) is 18.1 Å². The van der Waals surface area contributed by atoms with E-state index in [1.165, 1.54) is 0 Å². The molecule has 28 heavy (non-hydrogen) atoms. The molecule has 0 saturated heterocycles. The summed E-state index contributed by atoms with van der Waals surface area (Å²) >= 11 is 6.20. The van der Waals surface area contributed by atoms with E-state index in [0.29, 0.717) is 24.0 Å². The Morgan fingerprint density at radius 3 is 2.61 bits per heavy atom. The zero-order valence-electron chi connectivity index (χ0n) is 16.0. The second-order valence-corrected chi connectivity index (χ2v) is 7.15. The summed E-state index contributed by atoms with van der Waals surface area (Å²) in [6, 6.07) is 15.6. The summed E-state index contributed by atoms with van der Waals surface area (Å²) in [5.74, 6) is 0.460. The van der Waals surface area contributed by atoms with E-state index in [4.69, 9.17) is 21.4 Å². The number of para-hydroxylation sites is 1. The van der Waals surface area contributed by atoms with Crippen LogP contribution in [-0.4, -0.2) is 33.9 Å². The van der Waals surface area contributed by atoms with E-state index in [0.717, 1.165) is 40.9 Å². The second kappa shape index (κ2) is 7.68. The van der Waals surface area contributed by atoms with Crippen LogP contribution in [0.25, 0.3) is 16.8 Å². The number of carbonyl (C=O) groups is 1. The number of rotatable bonds is 4. The number of ether oxygens (including phenoxy) is 1. The van der Waals surface area contributed by atoms with E-state index in [1.54, 1.807) is 9.58 Å². The minimum absolute atomic E-state index is 0.369. The number of aryl methyl sites for hydroxylation is 2. The van der Waals surface area contributed by atoms with Crippen LogP contribution >= 0.6 is 11.6 Å². The van der Waals surface area contributed by atoms with Crippen LogP contribution in [0, 0.1) is 0 Å². The maximum atomic E-state index is 12.7. The van der Waals surface area contributed by atoms with Gasteiger partial charge in [-0.05, 0) is 62.1 Å². The third kappa shape index (κ3) is 3.27. The lowest BCUT2D eigenvalue weighted by atomic mass is 9.90. The quantitative estimate of drug-likeness (QED) is 0.615. The summed E-state index contributed by atoms with van der Waals surface area (Å²) < 4.78 is 7.66. The average molecular weight is 396 g/mol. The molecule has 0 radical (unpaired) electrons. The summed E-state index contributed by atoms with van der Waals surface area (Å²) in [5, 5.41) is 5.50. The normalized spacial score (nSPS) is 12.2. The van der Waals surface area contributed by atoms with Crippen molar-refractivity contribution in [3.8, 4) is 22.7 Å². The van der Waals surface area contributed by atoms with Gasteiger partial charge in [-0.25, -0.2) is 4.79 Å². The van der Waals surface area contributed by atoms with Gasteiger partial charge in [0.15, 0.2) is 0 Å². The van der Waals surface area contributed by atoms with Gasteiger partial charge in [0.25, 0.3) is 0 Å². The summed E-state index contributed by atoms with van der Waals surface area (Å²) in [7, 11) is 0. The molecule has 0 saturated carbocycles. The van der Waals surface area contributed by atoms with E-state index in [2.05, 4.69) is 0 Å². The largest absolute Gasteiger partial charge is 0.416 e. The van der Waals surface area contributed by atoms with Crippen molar-refractivity contribution in [1.29, 1.82) is 0 Å². The molecule has 6 heteroatoms. The number of hydrogen-bond acceptors (Lipinski definition) is 3. The van der Waals surface area contributed by atoms with Gasteiger partial charge >= 0.3 is 6.09 Å². The van der Waals surface area contributed by atoms with E-state index in [1.807, 2.05) is 62.4 Å². The molecule has 0 fully saturated rings. The van der Waals surface area contributed by atoms with Gasteiger partial charge in [0.1, 0.15) is 0 Å². The average Bonchev–Trinajstić information content (AvgIpc) is 3.08. The van der Waals surface area contributed by atoms with Crippen molar-refractivity contribution in [3.05, 3.63) is 64.8 Å². The predicted octanol–water partition coefficient (Wildman–Crippen LogP) is 5.13. The highest BCUT2D eigenvalue weighted by Crippen LogP contribution is 2.42. The van der Waals surface area contributed by atoms with Crippen LogP contribution < -0.4 is 4.74 Å². The monoisotopic (exact) mass is 395 g/mol. The molecule has 5 nitrogen and oxygen atoms in total. The van der Waals surface area contributed by atoms with E-state index >= 15 is 0 Å². The van der Waals surface area contributed by atoms with Crippen LogP contribution in [0.3, 0.4) is 0 Å². The molecule has 1 amide bonds. The number of fused-ring (bicyclic) bond motifs is 3. The van der Waals surface area contributed by atoms with Crippen LogP contribution in [0.15, 0.2) is 48.5 Å². The lowest BCUT2D eigenvalue weighted by Gasteiger charge is -2.20. The zero-order valence-corrected chi connectivity index (χ0v) is 16.7. The summed E-state index contributed by atoms with van der Waals surface area (Å²) in [6.45, 7) is 5.05. The Kier molecular flexibility index (Phi) is 5.09. The minimum Gasteiger partial charge on any atom is -0.390 e. The van der Waals surface area contributed by atoms with Gasteiger partial charge in [0.05, 0.1) is 16.9 Å². The fraction of sp³-hybridized carbons (Fsp3) is 0.273. The number of hydrogen-bond donors (Lipinski definition) is 0. The van der Waals surface area contributed by atoms with E-state index in [-0.39, 0.29) is 6.09 Å². The third-order valence-corrected chi connectivity index (χ3v) is 5.32. The Morgan fingerprint density at radius 2 is 1.89 bits per heavy atom. The van der Waals surface area contributed by atoms with Gasteiger partial charge < -0.3 is 9.64 Å². The predicted molar refractivity (Wildman–Crippen MR) is 110 cm³/mol. The molecule has 2 aromatic carbocycles. The maximum absolute atomic E-state index is 12.7. The summed E-state index contributed by atoms with van der Waals surface area (Å²) in [5.41, 5.74) is 4.83. The van der Waals surface area contributed by atoms with E-state index < -0.39 is 0 Å². The van der Waals surface area contributed by atoms with Crippen LogP contribution in [0.4, 0.5) is 4.79 Å². The number of aromatic nitrogens is 2.